The second-order valence-electron chi connectivity index (χ2n) is 5.18. The predicted molar refractivity (Wildman–Crippen MR) is 92.9 cm³/mol. The number of anilines is 2. The molecule has 0 heterocycles. The summed E-state index contributed by atoms with van der Waals surface area (Å²) in [5.41, 5.74) is 1.72. The molecule has 0 unspecified atom stereocenters. The van der Waals surface area contributed by atoms with E-state index in [4.69, 9.17) is 4.74 Å². The third-order valence-corrected chi connectivity index (χ3v) is 3.42. The normalized spacial score (nSPS) is 10.3. The van der Waals surface area contributed by atoms with E-state index in [-0.39, 0.29) is 17.9 Å². The molecule has 0 bridgehead atoms. The lowest BCUT2D eigenvalue weighted by molar-refractivity contribution is -0.0498. The fraction of sp³-hybridized carbons (Fsp3) is 0.222. The van der Waals surface area contributed by atoms with Crippen molar-refractivity contribution in [3.05, 3.63) is 53.6 Å². The summed E-state index contributed by atoms with van der Waals surface area (Å²) in [5.74, 6) is -0.608. The molecule has 0 radical (unpaired) electrons. The molecule has 0 aliphatic carbocycles. The lowest BCUT2D eigenvalue weighted by Crippen LogP contribution is -2.16. The Bertz CT molecular complexity index is 797. The zero-order valence-corrected chi connectivity index (χ0v) is 14.2. The van der Waals surface area contributed by atoms with Gasteiger partial charge in [-0.05, 0) is 49.7 Å². The zero-order valence-electron chi connectivity index (χ0n) is 14.2. The number of carbonyl (C=O) groups excluding carboxylic acids is 2. The van der Waals surface area contributed by atoms with Crippen LogP contribution >= 0.6 is 0 Å². The lowest BCUT2D eigenvalue weighted by atomic mass is 10.1. The van der Waals surface area contributed by atoms with Crippen LogP contribution in [0.15, 0.2) is 42.5 Å². The first-order chi connectivity index (χ1) is 12.4. The van der Waals surface area contributed by atoms with E-state index in [1.54, 1.807) is 32.0 Å². The summed E-state index contributed by atoms with van der Waals surface area (Å²) in [5, 5.41) is 5.26. The first-order valence-electron chi connectivity index (χ1n) is 7.80. The smallest absolute Gasteiger partial charge is 0.411 e. The van der Waals surface area contributed by atoms with Gasteiger partial charge in [0.15, 0.2) is 0 Å². The third-order valence-electron chi connectivity index (χ3n) is 3.42. The van der Waals surface area contributed by atoms with Crippen LogP contribution < -0.4 is 15.4 Å². The Morgan fingerprint density at radius 1 is 1.08 bits per heavy atom. The van der Waals surface area contributed by atoms with Crippen molar-refractivity contribution in [1.82, 2.24) is 0 Å². The number of amides is 2. The van der Waals surface area contributed by atoms with E-state index in [0.717, 1.165) is 0 Å². The standard InChI is InChI=1S/C18H18F2N2O4/c1-3-25-18(24)22-15-9-5-8-14(11(15)2)21-16(23)12-6-4-7-13(10-12)26-17(19)20/h4-10,17H,3H2,1-2H3,(H,21,23)(H,22,24). The van der Waals surface area contributed by atoms with E-state index < -0.39 is 18.6 Å². The van der Waals surface area contributed by atoms with Crippen molar-refractivity contribution in [2.75, 3.05) is 17.2 Å². The van der Waals surface area contributed by atoms with Crippen molar-refractivity contribution in [3.8, 4) is 5.75 Å². The maximum absolute atomic E-state index is 12.4. The van der Waals surface area contributed by atoms with E-state index >= 15 is 0 Å². The summed E-state index contributed by atoms with van der Waals surface area (Å²) in [7, 11) is 0. The molecule has 0 atom stereocenters. The fourth-order valence-electron chi connectivity index (χ4n) is 2.19. The molecule has 2 aromatic rings. The van der Waals surface area contributed by atoms with E-state index in [9.17, 15) is 18.4 Å². The summed E-state index contributed by atoms with van der Waals surface area (Å²) in [4.78, 5) is 23.9. The number of benzene rings is 2. The molecule has 0 fully saturated rings. The van der Waals surface area contributed by atoms with Gasteiger partial charge in [-0.3, -0.25) is 10.1 Å². The van der Waals surface area contributed by atoms with Gasteiger partial charge in [0.25, 0.3) is 5.91 Å². The molecule has 2 aromatic carbocycles. The molecule has 138 valence electrons. The molecule has 0 aliphatic rings. The van der Waals surface area contributed by atoms with E-state index in [1.807, 2.05) is 0 Å². The van der Waals surface area contributed by atoms with Gasteiger partial charge in [-0.2, -0.15) is 8.78 Å². The molecule has 2 N–H and O–H groups in total. The Morgan fingerprint density at radius 2 is 1.73 bits per heavy atom. The number of alkyl halides is 2. The molecule has 0 aliphatic heterocycles. The lowest BCUT2D eigenvalue weighted by Gasteiger charge is -2.13. The highest BCUT2D eigenvalue weighted by molar-refractivity contribution is 6.05. The highest BCUT2D eigenvalue weighted by Crippen LogP contribution is 2.24. The Morgan fingerprint density at radius 3 is 2.38 bits per heavy atom. The van der Waals surface area contributed by atoms with Gasteiger partial charge in [-0.1, -0.05) is 12.1 Å². The quantitative estimate of drug-likeness (QED) is 0.796. The van der Waals surface area contributed by atoms with Crippen LogP contribution in [0.25, 0.3) is 0 Å². The van der Waals surface area contributed by atoms with Crippen LogP contribution in [0.4, 0.5) is 25.0 Å². The highest BCUT2D eigenvalue weighted by atomic mass is 19.3. The molecular formula is C18H18F2N2O4. The van der Waals surface area contributed by atoms with Crippen molar-refractivity contribution >= 4 is 23.4 Å². The van der Waals surface area contributed by atoms with E-state index in [1.165, 1.54) is 24.3 Å². The summed E-state index contributed by atoms with van der Waals surface area (Å²) in [6.07, 6.45) is -0.601. The number of ether oxygens (including phenoxy) is 2. The molecule has 26 heavy (non-hydrogen) atoms. The van der Waals surface area contributed by atoms with Crippen LogP contribution in [0.2, 0.25) is 0 Å². The number of hydrogen-bond donors (Lipinski definition) is 2. The van der Waals surface area contributed by atoms with Crippen LogP contribution in [0, 0.1) is 6.92 Å². The molecule has 0 saturated carbocycles. The van der Waals surface area contributed by atoms with Gasteiger partial charge in [0.1, 0.15) is 5.75 Å². The largest absolute Gasteiger partial charge is 0.450 e. The van der Waals surface area contributed by atoms with Crippen LogP contribution in [0.3, 0.4) is 0 Å². The van der Waals surface area contributed by atoms with Crippen LogP contribution in [-0.4, -0.2) is 25.2 Å². The second kappa shape index (κ2) is 8.80. The SMILES string of the molecule is CCOC(=O)Nc1cccc(NC(=O)c2cccc(OC(F)F)c2)c1C. The van der Waals surface area contributed by atoms with Crippen molar-refractivity contribution in [2.45, 2.75) is 20.5 Å². The van der Waals surface area contributed by atoms with Crippen LogP contribution in [0.1, 0.15) is 22.8 Å². The Hall–Kier alpha value is -3.16. The van der Waals surface area contributed by atoms with Gasteiger partial charge in [-0.25, -0.2) is 4.79 Å². The van der Waals surface area contributed by atoms with Gasteiger partial charge in [-0.15, -0.1) is 0 Å². The average Bonchev–Trinajstić information content (AvgIpc) is 2.58. The van der Waals surface area contributed by atoms with Crippen molar-refractivity contribution in [2.24, 2.45) is 0 Å². The zero-order chi connectivity index (χ0) is 19.1. The summed E-state index contributed by atoms with van der Waals surface area (Å²) in [6, 6.07) is 10.4. The minimum atomic E-state index is -2.97. The molecule has 6 nitrogen and oxygen atoms in total. The monoisotopic (exact) mass is 364 g/mol. The molecule has 0 saturated heterocycles. The summed E-state index contributed by atoms with van der Waals surface area (Å²) >= 11 is 0. The maximum atomic E-state index is 12.4. The third kappa shape index (κ3) is 5.17. The topological polar surface area (TPSA) is 76.7 Å². The predicted octanol–water partition coefficient (Wildman–Crippen LogP) is 4.42. The van der Waals surface area contributed by atoms with Gasteiger partial charge >= 0.3 is 12.7 Å². The Labute approximate surface area is 149 Å². The van der Waals surface area contributed by atoms with Gasteiger partial charge < -0.3 is 14.8 Å². The minimum absolute atomic E-state index is 0.109. The molecule has 8 heteroatoms. The first-order valence-corrected chi connectivity index (χ1v) is 7.80. The van der Waals surface area contributed by atoms with Crippen molar-refractivity contribution in [1.29, 1.82) is 0 Å². The molecule has 0 spiro atoms. The van der Waals surface area contributed by atoms with Crippen molar-refractivity contribution in [3.63, 3.8) is 0 Å². The fourth-order valence-corrected chi connectivity index (χ4v) is 2.19. The van der Waals surface area contributed by atoms with Gasteiger partial charge in [0, 0.05) is 16.9 Å². The van der Waals surface area contributed by atoms with Crippen molar-refractivity contribution < 1.29 is 27.8 Å². The summed E-state index contributed by atoms with van der Waals surface area (Å²) in [6.45, 7) is 0.669. The van der Waals surface area contributed by atoms with Crippen LogP contribution in [0.5, 0.6) is 5.75 Å². The number of nitrogens with one attached hydrogen (secondary N) is 2. The second-order valence-corrected chi connectivity index (χ2v) is 5.18. The number of halogens is 2. The van der Waals surface area contributed by atoms with Crippen LogP contribution in [-0.2, 0) is 4.74 Å². The molecule has 2 rings (SSSR count). The Balaban J connectivity index is 2.15. The number of carbonyl (C=O) groups is 2. The molecule has 2 amide bonds. The highest BCUT2D eigenvalue weighted by Gasteiger charge is 2.13. The van der Waals surface area contributed by atoms with E-state index in [0.29, 0.717) is 16.9 Å². The van der Waals surface area contributed by atoms with Gasteiger partial charge in [0.05, 0.1) is 6.61 Å². The number of hydrogen-bond acceptors (Lipinski definition) is 4. The number of rotatable bonds is 6. The minimum Gasteiger partial charge on any atom is -0.450 e. The molecular weight excluding hydrogens is 346 g/mol. The van der Waals surface area contributed by atoms with Gasteiger partial charge in [0.2, 0.25) is 0 Å². The maximum Gasteiger partial charge on any atom is 0.411 e. The molecule has 0 aromatic heterocycles. The summed E-state index contributed by atoms with van der Waals surface area (Å²) < 4.78 is 33.7. The Kier molecular flexibility index (Phi) is 6.48. The van der Waals surface area contributed by atoms with E-state index in [2.05, 4.69) is 15.4 Å². The first kappa shape index (κ1) is 19.2. The average molecular weight is 364 g/mol.